The van der Waals surface area contributed by atoms with Crippen LogP contribution in [0, 0.1) is 11.8 Å². The van der Waals surface area contributed by atoms with E-state index in [0.717, 1.165) is 25.4 Å². The number of nitrogens with zero attached hydrogens (tertiary/aromatic N) is 2. The first-order valence-corrected chi connectivity index (χ1v) is 8.94. The van der Waals surface area contributed by atoms with Gasteiger partial charge in [0.15, 0.2) is 0 Å². The maximum absolute atomic E-state index is 11.9. The summed E-state index contributed by atoms with van der Waals surface area (Å²) >= 11 is 0. The van der Waals surface area contributed by atoms with Gasteiger partial charge in [-0.2, -0.15) is 4.31 Å². The summed E-state index contributed by atoms with van der Waals surface area (Å²) in [5.41, 5.74) is 0.0260. The molecule has 6 heteroatoms. The third-order valence-electron chi connectivity index (χ3n) is 4.95. The van der Waals surface area contributed by atoms with Crippen LogP contribution in [0.15, 0.2) is 0 Å². The average molecular weight is 288 g/mol. The van der Waals surface area contributed by atoms with Gasteiger partial charge >= 0.3 is 0 Å². The second-order valence-electron chi connectivity index (χ2n) is 6.49. The van der Waals surface area contributed by atoms with Crippen molar-refractivity contribution in [2.24, 2.45) is 11.8 Å². The van der Waals surface area contributed by atoms with Crippen LogP contribution in [-0.2, 0) is 10.0 Å². The Morgan fingerprint density at radius 3 is 2.47 bits per heavy atom. The molecule has 0 amide bonds. The Balaban J connectivity index is 1.68. The molecule has 1 N–H and O–H groups in total. The van der Waals surface area contributed by atoms with Gasteiger partial charge in [-0.05, 0) is 38.0 Å². The van der Waals surface area contributed by atoms with E-state index in [1.807, 2.05) is 0 Å². The second-order valence-corrected chi connectivity index (χ2v) is 8.75. The lowest BCUT2D eigenvalue weighted by Crippen LogP contribution is -2.69. The number of hydrogen-bond acceptors (Lipinski definition) is 4. The van der Waals surface area contributed by atoms with Crippen molar-refractivity contribution in [3.63, 3.8) is 0 Å². The molecule has 1 spiro atoms. The fourth-order valence-electron chi connectivity index (χ4n) is 3.56. The molecule has 1 aliphatic carbocycles. The molecule has 19 heavy (non-hydrogen) atoms. The molecular formula is C13H24N2O3S. The minimum absolute atomic E-state index is 0.0260. The maximum atomic E-state index is 11.9. The molecule has 2 heterocycles. The van der Waals surface area contributed by atoms with Crippen molar-refractivity contribution in [2.75, 3.05) is 38.5 Å². The molecular weight excluding hydrogens is 264 g/mol. The molecule has 2 saturated heterocycles. The largest absolute Gasteiger partial charge is 0.396 e. The summed E-state index contributed by atoms with van der Waals surface area (Å²) in [6.45, 7) is 5.22. The van der Waals surface area contributed by atoms with E-state index >= 15 is 0 Å². The van der Waals surface area contributed by atoms with E-state index in [0.29, 0.717) is 19.0 Å². The highest BCUT2D eigenvalue weighted by molar-refractivity contribution is 7.89. The van der Waals surface area contributed by atoms with Crippen LogP contribution in [-0.4, -0.2) is 66.8 Å². The standard InChI is InChI=1S/C13H24N2O3S/c1-2-19(17,18)15-9-13(10-15)5-12(8-16)7-14(13)6-11-3-4-11/h11-12,16H,2-10H2,1H3/t12-/m1/s1. The summed E-state index contributed by atoms with van der Waals surface area (Å²) in [5.74, 6) is 1.33. The summed E-state index contributed by atoms with van der Waals surface area (Å²) in [6.07, 6.45) is 3.58. The lowest BCUT2D eigenvalue weighted by Gasteiger charge is -2.52. The zero-order chi connectivity index (χ0) is 13.7. The zero-order valence-corrected chi connectivity index (χ0v) is 12.4. The molecule has 2 aliphatic heterocycles. The van der Waals surface area contributed by atoms with Gasteiger partial charge in [-0.3, -0.25) is 4.90 Å². The summed E-state index contributed by atoms with van der Waals surface area (Å²) in [7, 11) is -3.04. The Labute approximate surface area is 115 Å². The Morgan fingerprint density at radius 2 is 1.95 bits per heavy atom. The highest BCUT2D eigenvalue weighted by Gasteiger charge is 2.56. The van der Waals surface area contributed by atoms with Gasteiger partial charge in [0.1, 0.15) is 0 Å². The lowest BCUT2D eigenvalue weighted by molar-refractivity contribution is 0.0169. The summed E-state index contributed by atoms with van der Waals surface area (Å²) in [4.78, 5) is 2.47. The Morgan fingerprint density at radius 1 is 1.26 bits per heavy atom. The van der Waals surface area contributed by atoms with Crippen LogP contribution < -0.4 is 0 Å². The highest BCUT2D eigenvalue weighted by Crippen LogP contribution is 2.44. The first-order valence-electron chi connectivity index (χ1n) is 7.33. The van der Waals surface area contributed by atoms with E-state index in [-0.39, 0.29) is 17.9 Å². The highest BCUT2D eigenvalue weighted by atomic mass is 32.2. The summed E-state index contributed by atoms with van der Waals surface area (Å²) in [6, 6.07) is 0. The van der Waals surface area contributed by atoms with Gasteiger partial charge in [-0.1, -0.05) is 0 Å². The molecule has 0 aromatic carbocycles. The first-order chi connectivity index (χ1) is 8.99. The van der Waals surface area contributed by atoms with Gasteiger partial charge in [0.25, 0.3) is 0 Å². The van der Waals surface area contributed by atoms with Crippen molar-refractivity contribution < 1.29 is 13.5 Å². The molecule has 1 saturated carbocycles. The number of aliphatic hydroxyl groups excluding tert-OH is 1. The number of aliphatic hydroxyl groups is 1. The van der Waals surface area contributed by atoms with Crippen LogP contribution >= 0.6 is 0 Å². The SMILES string of the molecule is CCS(=O)(=O)N1CC2(C[C@@H](CO)CN2CC2CC2)C1. The van der Waals surface area contributed by atoms with Gasteiger partial charge in [0.05, 0.1) is 5.75 Å². The van der Waals surface area contributed by atoms with Gasteiger partial charge in [-0.25, -0.2) is 8.42 Å². The average Bonchev–Trinajstić information content (AvgIpc) is 3.06. The zero-order valence-electron chi connectivity index (χ0n) is 11.6. The summed E-state index contributed by atoms with van der Waals surface area (Å²) in [5, 5.41) is 9.40. The Bertz CT molecular complexity index is 441. The van der Waals surface area contributed by atoms with Crippen LogP contribution in [0.25, 0.3) is 0 Å². The van der Waals surface area contributed by atoms with E-state index in [1.54, 1.807) is 11.2 Å². The van der Waals surface area contributed by atoms with Gasteiger partial charge < -0.3 is 5.11 Å². The van der Waals surface area contributed by atoms with E-state index in [4.69, 9.17) is 0 Å². The Kier molecular flexibility index (Phi) is 3.40. The molecule has 110 valence electrons. The molecule has 0 bridgehead atoms. The van der Waals surface area contributed by atoms with E-state index in [9.17, 15) is 13.5 Å². The molecule has 1 atom stereocenters. The monoisotopic (exact) mass is 288 g/mol. The van der Waals surface area contributed by atoms with Crippen molar-refractivity contribution in [1.29, 1.82) is 0 Å². The first kappa shape index (κ1) is 13.8. The molecule has 3 rings (SSSR count). The minimum Gasteiger partial charge on any atom is -0.396 e. The van der Waals surface area contributed by atoms with Crippen LogP contribution in [0.3, 0.4) is 0 Å². The topological polar surface area (TPSA) is 60.9 Å². The smallest absolute Gasteiger partial charge is 0.213 e. The molecule has 5 nitrogen and oxygen atoms in total. The van der Waals surface area contributed by atoms with Gasteiger partial charge in [-0.15, -0.1) is 0 Å². The van der Waals surface area contributed by atoms with Crippen molar-refractivity contribution in [2.45, 2.75) is 31.7 Å². The molecule has 0 radical (unpaired) electrons. The van der Waals surface area contributed by atoms with E-state index < -0.39 is 10.0 Å². The summed E-state index contributed by atoms with van der Waals surface area (Å²) < 4.78 is 25.4. The van der Waals surface area contributed by atoms with Crippen molar-refractivity contribution in [3.05, 3.63) is 0 Å². The number of rotatable bonds is 5. The predicted octanol–water partition coefficient (Wildman–Crippen LogP) is 0.115. The van der Waals surface area contributed by atoms with Crippen molar-refractivity contribution in [1.82, 2.24) is 9.21 Å². The molecule has 0 aromatic heterocycles. The normalized spacial score (nSPS) is 31.8. The van der Waals surface area contributed by atoms with Crippen LogP contribution in [0.5, 0.6) is 0 Å². The van der Waals surface area contributed by atoms with E-state index in [2.05, 4.69) is 4.90 Å². The fraction of sp³-hybridized carbons (Fsp3) is 1.00. The predicted molar refractivity (Wildman–Crippen MR) is 73.3 cm³/mol. The molecule has 3 aliphatic rings. The third kappa shape index (κ3) is 2.44. The number of hydrogen-bond donors (Lipinski definition) is 1. The lowest BCUT2D eigenvalue weighted by atomic mass is 9.86. The van der Waals surface area contributed by atoms with Crippen molar-refractivity contribution >= 4 is 10.0 Å². The number of sulfonamides is 1. The number of likely N-dealkylation sites (tertiary alicyclic amines) is 1. The third-order valence-corrected chi connectivity index (χ3v) is 6.73. The van der Waals surface area contributed by atoms with Crippen molar-refractivity contribution in [3.8, 4) is 0 Å². The van der Waals surface area contributed by atoms with Gasteiger partial charge in [0.2, 0.25) is 10.0 Å². The second kappa shape index (κ2) is 4.69. The molecule has 0 aromatic rings. The molecule has 0 unspecified atom stereocenters. The molecule has 3 fully saturated rings. The minimum atomic E-state index is -3.04. The van der Waals surface area contributed by atoms with Crippen LogP contribution in [0.2, 0.25) is 0 Å². The van der Waals surface area contributed by atoms with E-state index in [1.165, 1.54) is 12.8 Å². The quantitative estimate of drug-likeness (QED) is 0.780. The van der Waals surface area contributed by atoms with Crippen LogP contribution in [0.1, 0.15) is 26.2 Å². The van der Waals surface area contributed by atoms with Crippen LogP contribution in [0.4, 0.5) is 0 Å². The maximum Gasteiger partial charge on any atom is 0.213 e. The van der Waals surface area contributed by atoms with Gasteiger partial charge in [0, 0.05) is 38.3 Å². The Hall–Kier alpha value is -0.170. The fourth-order valence-corrected chi connectivity index (χ4v) is 4.80.